The molecule has 0 aliphatic heterocycles. The maximum Gasteiger partial charge on any atom is 0.471 e. The first-order chi connectivity index (χ1) is 7.89. The fourth-order valence-electron chi connectivity index (χ4n) is 1.09. The van der Waals surface area contributed by atoms with Gasteiger partial charge in [0.15, 0.2) is 0 Å². The van der Waals surface area contributed by atoms with E-state index in [-0.39, 0.29) is 0 Å². The summed E-state index contributed by atoms with van der Waals surface area (Å²) in [6.07, 6.45) is -4.81. The van der Waals surface area contributed by atoms with Crippen LogP contribution in [0.1, 0.15) is 6.92 Å². The number of amides is 1. The number of thioether (sulfide) groups is 1. The lowest BCUT2D eigenvalue weighted by atomic mass is 10.4. The van der Waals surface area contributed by atoms with E-state index in [0.717, 1.165) is 4.90 Å². The SMILES string of the molecule is CC(CSc1ccccc1)NC(=O)C(F)(F)F. The van der Waals surface area contributed by atoms with Crippen LogP contribution in [0.4, 0.5) is 13.2 Å². The van der Waals surface area contributed by atoms with Crippen LogP contribution < -0.4 is 5.32 Å². The minimum atomic E-state index is -4.81. The van der Waals surface area contributed by atoms with Gasteiger partial charge in [-0.3, -0.25) is 4.79 Å². The zero-order valence-corrected chi connectivity index (χ0v) is 9.94. The van der Waals surface area contributed by atoms with Crippen LogP contribution in [0.25, 0.3) is 0 Å². The molecule has 0 aliphatic carbocycles. The van der Waals surface area contributed by atoms with Gasteiger partial charge in [0, 0.05) is 16.7 Å². The van der Waals surface area contributed by atoms with Crippen molar-refractivity contribution in [2.75, 3.05) is 5.75 Å². The predicted molar refractivity (Wildman–Crippen MR) is 60.8 cm³/mol. The molecule has 17 heavy (non-hydrogen) atoms. The summed E-state index contributed by atoms with van der Waals surface area (Å²) in [4.78, 5) is 11.6. The van der Waals surface area contributed by atoms with Crippen molar-refractivity contribution < 1.29 is 18.0 Å². The molecule has 1 unspecified atom stereocenters. The average Bonchev–Trinajstić information content (AvgIpc) is 2.26. The second kappa shape index (κ2) is 5.95. The Labute approximate surface area is 102 Å². The van der Waals surface area contributed by atoms with Crippen molar-refractivity contribution in [3.05, 3.63) is 30.3 Å². The summed E-state index contributed by atoms with van der Waals surface area (Å²) in [5.41, 5.74) is 0. The molecule has 1 N–H and O–H groups in total. The van der Waals surface area contributed by atoms with E-state index >= 15 is 0 Å². The maximum absolute atomic E-state index is 12.0. The summed E-state index contributed by atoms with van der Waals surface area (Å²) in [6, 6.07) is 8.75. The number of nitrogens with one attached hydrogen (secondary N) is 1. The third-order valence-electron chi connectivity index (χ3n) is 1.88. The second-order valence-electron chi connectivity index (χ2n) is 3.50. The highest BCUT2D eigenvalue weighted by Crippen LogP contribution is 2.19. The third-order valence-corrected chi connectivity index (χ3v) is 3.15. The van der Waals surface area contributed by atoms with Crippen molar-refractivity contribution >= 4 is 17.7 Å². The fourth-order valence-corrected chi connectivity index (χ4v) is 1.96. The van der Waals surface area contributed by atoms with E-state index in [1.807, 2.05) is 35.6 Å². The van der Waals surface area contributed by atoms with Crippen LogP contribution in [0.5, 0.6) is 0 Å². The largest absolute Gasteiger partial charge is 0.471 e. The first-order valence-electron chi connectivity index (χ1n) is 4.95. The van der Waals surface area contributed by atoms with Gasteiger partial charge in [-0.05, 0) is 19.1 Å². The summed E-state index contributed by atoms with van der Waals surface area (Å²) in [5, 5.41) is 1.91. The molecule has 1 rings (SSSR count). The minimum Gasteiger partial charge on any atom is -0.345 e. The zero-order chi connectivity index (χ0) is 12.9. The molecule has 0 bridgehead atoms. The number of alkyl halides is 3. The fraction of sp³-hybridized carbons (Fsp3) is 0.364. The summed E-state index contributed by atoms with van der Waals surface area (Å²) in [5.74, 6) is -1.50. The molecule has 1 atom stereocenters. The van der Waals surface area contributed by atoms with Gasteiger partial charge in [0.2, 0.25) is 0 Å². The van der Waals surface area contributed by atoms with Crippen molar-refractivity contribution in [3.63, 3.8) is 0 Å². The van der Waals surface area contributed by atoms with E-state index in [1.54, 1.807) is 6.92 Å². The molecule has 0 saturated carbocycles. The highest BCUT2D eigenvalue weighted by Gasteiger charge is 2.39. The molecule has 94 valence electrons. The van der Waals surface area contributed by atoms with Gasteiger partial charge >= 0.3 is 12.1 Å². The van der Waals surface area contributed by atoms with Gasteiger partial charge < -0.3 is 5.32 Å². The van der Waals surface area contributed by atoms with Gasteiger partial charge in [-0.2, -0.15) is 13.2 Å². The van der Waals surface area contributed by atoms with Crippen LogP contribution in [-0.2, 0) is 4.79 Å². The molecular weight excluding hydrogens is 251 g/mol. The summed E-state index contributed by atoms with van der Waals surface area (Å²) in [7, 11) is 0. The van der Waals surface area contributed by atoms with Gasteiger partial charge in [0.1, 0.15) is 0 Å². The van der Waals surface area contributed by atoms with E-state index in [1.165, 1.54) is 11.8 Å². The molecule has 6 heteroatoms. The van der Waals surface area contributed by atoms with Crippen LogP contribution in [-0.4, -0.2) is 23.9 Å². The van der Waals surface area contributed by atoms with Crippen LogP contribution in [0.3, 0.4) is 0 Å². The van der Waals surface area contributed by atoms with Gasteiger partial charge in [-0.25, -0.2) is 0 Å². The number of benzene rings is 1. The van der Waals surface area contributed by atoms with Crippen molar-refractivity contribution in [1.82, 2.24) is 5.32 Å². The first kappa shape index (κ1) is 13.9. The van der Waals surface area contributed by atoms with Gasteiger partial charge in [-0.15, -0.1) is 11.8 Å². The van der Waals surface area contributed by atoms with Crippen LogP contribution in [0.15, 0.2) is 35.2 Å². The molecule has 2 nitrogen and oxygen atoms in total. The molecule has 0 heterocycles. The van der Waals surface area contributed by atoms with Crippen molar-refractivity contribution in [3.8, 4) is 0 Å². The second-order valence-corrected chi connectivity index (χ2v) is 4.59. The van der Waals surface area contributed by atoms with Gasteiger partial charge in [0.05, 0.1) is 0 Å². The van der Waals surface area contributed by atoms with E-state index < -0.39 is 18.1 Å². The van der Waals surface area contributed by atoms with E-state index in [2.05, 4.69) is 0 Å². The molecule has 0 saturated heterocycles. The number of rotatable bonds is 4. The predicted octanol–water partition coefficient (Wildman–Crippen LogP) is 2.85. The molecule has 1 aromatic rings. The number of hydrogen-bond acceptors (Lipinski definition) is 2. The minimum absolute atomic E-state index is 0.395. The highest BCUT2D eigenvalue weighted by molar-refractivity contribution is 7.99. The normalized spacial score (nSPS) is 13.2. The molecule has 0 aromatic heterocycles. The Hall–Kier alpha value is -1.17. The average molecular weight is 263 g/mol. The Morgan fingerprint density at radius 1 is 1.35 bits per heavy atom. The lowest BCUT2D eigenvalue weighted by Crippen LogP contribution is -2.42. The summed E-state index contributed by atoms with van der Waals surface area (Å²) in [6.45, 7) is 1.54. The standard InChI is InChI=1S/C11H12F3NOS/c1-8(15-10(16)11(12,13)14)7-17-9-5-3-2-4-6-9/h2-6,8H,7H2,1H3,(H,15,16). The van der Waals surface area contributed by atoms with Gasteiger partial charge in [0.25, 0.3) is 0 Å². The summed E-state index contributed by atoms with van der Waals surface area (Å²) < 4.78 is 35.9. The quantitative estimate of drug-likeness (QED) is 0.846. The Morgan fingerprint density at radius 3 is 2.47 bits per heavy atom. The maximum atomic E-state index is 12.0. The summed E-state index contributed by atoms with van der Waals surface area (Å²) >= 11 is 1.40. The van der Waals surface area contributed by atoms with E-state index in [9.17, 15) is 18.0 Å². The Morgan fingerprint density at radius 2 is 1.94 bits per heavy atom. The molecule has 0 radical (unpaired) electrons. The van der Waals surface area contributed by atoms with E-state index in [0.29, 0.717) is 5.75 Å². The Kier molecular flexibility index (Phi) is 4.86. The highest BCUT2D eigenvalue weighted by atomic mass is 32.2. The molecule has 0 fully saturated rings. The van der Waals surface area contributed by atoms with Crippen LogP contribution in [0.2, 0.25) is 0 Å². The number of hydrogen-bond donors (Lipinski definition) is 1. The smallest absolute Gasteiger partial charge is 0.345 e. The van der Waals surface area contributed by atoms with Crippen molar-refractivity contribution in [2.24, 2.45) is 0 Å². The molecule has 1 amide bonds. The number of carbonyl (C=O) groups excluding carboxylic acids is 1. The third kappa shape index (κ3) is 5.12. The van der Waals surface area contributed by atoms with Crippen molar-refractivity contribution in [1.29, 1.82) is 0 Å². The molecule has 0 spiro atoms. The first-order valence-corrected chi connectivity index (χ1v) is 5.93. The van der Waals surface area contributed by atoms with Crippen molar-refractivity contribution in [2.45, 2.75) is 24.0 Å². The monoisotopic (exact) mass is 263 g/mol. The zero-order valence-electron chi connectivity index (χ0n) is 9.12. The van der Waals surface area contributed by atoms with Crippen LogP contribution in [0, 0.1) is 0 Å². The molecular formula is C11H12F3NOS. The Balaban J connectivity index is 2.36. The molecule has 1 aromatic carbocycles. The van der Waals surface area contributed by atoms with Crippen LogP contribution >= 0.6 is 11.8 Å². The lowest BCUT2D eigenvalue weighted by molar-refractivity contribution is -0.174. The Bertz CT molecular complexity index is 367. The van der Waals surface area contributed by atoms with E-state index in [4.69, 9.17) is 0 Å². The molecule has 0 aliphatic rings. The van der Waals surface area contributed by atoms with Gasteiger partial charge in [-0.1, -0.05) is 18.2 Å². The lowest BCUT2D eigenvalue weighted by Gasteiger charge is -2.14. The number of halogens is 3. The number of carbonyl (C=O) groups is 1. The topological polar surface area (TPSA) is 29.1 Å².